The molecule has 106 valence electrons. The number of halogens is 1. The Hall–Kier alpha value is -1.53. The highest BCUT2D eigenvalue weighted by Gasteiger charge is 2.15. The van der Waals surface area contributed by atoms with Gasteiger partial charge < -0.3 is 5.32 Å². The van der Waals surface area contributed by atoms with Gasteiger partial charge in [0.25, 0.3) is 10.0 Å². The maximum atomic E-state index is 12.3. The monoisotopic (exact) mass is 354 g/mol. The zero-order chi connectivity index (χ0) is 14.8. The fourth-order valence-electron chi connectivity index (χ4n) is 1.72. The van der Waals surface area contributed by atoms with Gasteiger partial charge >= 0.3 is 0 Å². The van der Waals surface area contributed by atoms with Gasteiger partial charge in [0, 0.05) is 17.2 Å². The fraction of sp³-hybridized carbons (Fsp3) is 0.143. The topological polar surface area (TPSA) is 58.2 Å². The van der Waals surface area contributed by atoms with E-state index < -0.39 is 10.0 Å². The van der Waals surface area contributed by atoms with Gasteiger partial charge in [0.15, 0.2) is 0 Å². The maximum absolute atomic E-state index is 12.3. The minimum absolute atomic E-state index is 0.232. The molecule has 6 heteroatoms. The number of hydrogen-bond donors (Lipinski definition) is 2. The fourth-order valence-corrected chi connectivity index (χ4v) is 3.21. The van der Waals surface area contributed by atoms with Crippen molar-refractivity contribution in [2.24, 2.45) is 0 Å². The smallest absolute Gasteiger partial charge is 0.261 e. The molecule has 2 N–H and O–H groups in total. The van der Waals surface area contributed by atoms with E-state index in [4.69, 9.17) is 0 Å². The van der Waals surface area contributed by atoms with Crippen LogP contribution in [0.25, 0.3) is 0 Å². The van der Waals surface area contributed by atoms with Crippen LogP contribution in [0.4, 0.5) is 11.4 Å². The van der Waals surface area contributed by atoms with Crippen molar-refractivity contribution in [3.8, 4) is 0 Å². The normalized spacial score (nSPS) is 11.2. The van der Waals surface area contributed by atoms with Crippen molar-refractivity contribution in [2.75, 3.05) is 17.1 Å². The van der Waals surface area contributed by atoms with Gasteiger partial charge in [0.1, 0.15) is 0 Å². The Morgan fingerprint density at radius 2 is 1.70 bits per heavy atom. The van der Waals surface area contributed by atoms with E-state index in [1.807, 2.05) is 13.0 Å². The van der Waals surface area contributed by atoms with Gasteiger partial charge in [-0.2, -0.15) is 0 Å². The third-order valence-corrected chi connectivity index (χ3v) is 5.21. The first-order valence-electron chi connectivity index (χ1n) is 6.00. The summed E-state index contributed by atoms with van der Waals surface area (Å²) in [6.45, 7) is 1.85. The Morgan fingerprint density at radius 1 is 1.05 bits per heavy atom. The summed E-state index contributed by atoms with van der Waals surface area (Å²) in [5.41, 5.74) is 2.28. The molecule has 0 bridgehead atoms. The number of sulfonamides is 1. The second-order valence-electron chi connectivity index (χ2n) is 4.29. The van der Waals surface area contributed by atoms with Crippen LogP contribution in [-0.2, 0) is 10.0 Å². The van der Waals surface area contributed by atoms with Crippen molar-refractivity contribution >= 4 is 37.3 Å². The average molecular weight is 355 g/mol. The average Bonchev–Trinajstić information content (AvgIpc) is 2.44. The molecule has 0 spiro atoms. The largest absolute Gasteiger partial charge is 0.388 e. The number of anilines is 2. The van der Waals surface area contributed by atoms with E-state index >= 15 is 0 Å². The lowest BCUT2D eigenvalue weighted by molar-refractivity contribution is 0.601. The highest BCUT2D eigenvalue weighted by molar-refractivity contribution is 9.10. The summed E-state index contributed by atoms with van der Waals surface area (Å²) in [4.78, 5) is 0.232. The summed E-state index contributed by atoms with van der Waals surface area (Å²) in [5.74, 6) is 0. The Morgan fingerprint density at radius 3 is 2.30 bits per heavy atom. The van der Waals surface area contributed by atoms with Gasteiger partial charge in [0.2, 0.25) is 0 Å². The summed E-state index contributed by atoms with van der Waals surface area (Å²) < 4.78 is 28.1. The molecule has 20 heavy (non-hydrogen) atoms. The third kappa shape index (κ3) is 3.13. The lowest BCUT2D eigenvalue weighted by Crippen LogP contribution is -2.13. The Labute approximate surface area is 127 Å². The van der Waals surface area contributed by atoms with Crippen LogP contribution in [0.15, 0.2) is 51.8 Å². The van der Waals surface area contributed by atoms with Gasteiger partial charge in [-0.25, -0.2) is 8.42 Å². The van der Waals surface area contributed by atoms with Crippen LogP contribution in [0.1, 0.15) is 5.56 Å². The number of hydrogen-bond acceptors (Lipinski definition) is 3. The number of rotatable bonds is 4. The van der Waals surface area contributed by atoms with Crippen molar-refractivity contribution in [3.63, 3.8) is 0 Å². The van der Waals surface area contributed by atoms with Crippen LogP contribution < -0.4 is 10.0 Å². The lowest BCUT2D eigenvalue weighted by Gasteiger charge is -2.12. The van der Waals surface area contributed by atoms with Gasteiger partial charge in [0.05, 0.1) is 10.6 Å². The van der Waals surface area contributed by atoms with E-state index in [-0.39, 0.29) is 4.90 Å². The molecule has 0 atom stereocenters. The van der Waals surface area contributed by atoms with Gasteiger partial charge in [-0.05, 0) is 48.9 Å². The first-order valence-corrected chi connectivity index (χ1v) is 8.27. The summed E-state index contributed by atoms with van der Waals surface area (Å²) in [6, 6.07) is 12.0. The number of nitrogens with one attached hydrogen (secondary N) is 2. The molecule has 2 aromatic rings. The molecule has 2 aromatic carbocycles. The molecule has 0 fully saturated rings. The zero-order valence-electron chi connectivity index (χ0n) is 11.1. The van der Waals surface area contributed by atoms with Gasteiger partial charge in [-0.3, -0.25) is 4.72 Å². The Balaban J connectivity index is 2.33. The summed E-state index contributed by atoms with van der Waals surface area (Å²) in [6.07, 6.45) is 0. The Kier molecular flexibility index (Phi) is 4.35. The van der Waals surface area contributed by atoms with E-state index in [0.29, 0.717) is 5.69 Å². The van der Waals surface area contributed by atoms with Crippen molar-refractivity contribution in [1.82, 2.24) is 0 Å². The molecule has 0 amide bonds. The predicted octanol–water partition coefficient (Wildman–Crippen LogP) is 3.60. The van der Waals surface area contributed by atoms with Crippen LogP contribution in [0, 0.1) is 6.92 Å². The summed E-state index contributed by atoms with van der Waals surface area (Å²) in [5, 5.41) is 2.95. The molecule has 0 saturated heterocycles. The van der Waals surface area contributed by atoms with Gasteiger partial charge in [-0.15, -0.1) is 0 Å². The summed E-state index contributed by atoms with van der Waals surface area (Å²) >= 11 is 3.39. The van der Waals surface area contributed by atoms with Crippen molar-refractivity contribution in [1.29, 1.82) is 0 Å². The molecular weight excluding hydrogens is 340 g/mol. The van der Waals surface area contributed by atoms with E-state index in [0.717, 1.165) is 15.7 Å². The zero-order valence-corrected chi connectivity index (χ0v) is 13.5. The van der Waals surface area contributed by atoms with Crippen LogP contribution in [0.5, 0.6) is 0 Å². The molecular formula is C14H15BrN2O2S. The standard InChI is InChI=1S/C14H15BrN2O2S/c1-10-13(15)4-3-5-14(10)17-20(18,19)12-8-6-11(16-2)7-9-12/h3-9,16-17H,1-2H3. The molecule has 4 nitrogen and oxygen atoms in total. The van der Waals surface area contributed by atoms with Gasteiger partial charge in [-0.1, -0.05) is 22.0 Å². The van der Waals surface area contributed by atoms with E-state index in [2.05, 4.69) is 26.0 Å². The molecule has 0 aliphatic rings. The highest BCUT2D eigenvalue weighted by Crippen LogP contribution is 2.26. The lowest BCUT2D eigenvalue weighted by atomic mass is 10.2. The minimum Gasteiger partial charge on any atom is -0.388 e. The van der Waals surface area contributed by atoms with E-state index in [1.165, 1.54) is 0 Å². The predicted molar refractivity (Wildman–Crippen MR) is 85.7 cm³/mol. The van der Waals surface area contributed by atoms with Crippen LogP contribution in [0.2, 0.25) is 0 Å². The first-order chi connectivity index (χ1) is 9.44. The van der Waals surface area contributed by atoms with E-state index in [9.17, 15) is 8.42 Å². The van der Waals surface area contributed by atoms with Crippen molar-refractivity contribution < 1.29 is 8.42 Å². The van der Waals surface area contributed by atoms with Crippen molar-refractivity contribution in [3.05, 3.63) is 52.5 Å². The summed E-state index contributed by atoms with van der Waals surface area (Å²) in [7, 11) is -1.79. The molecule has 2 rings (SSSR count). The highest BCUT2D eigenvalue weighted by atomic mass is 79.9. The van der Waals surface area contributed by atoms with Crippen LogP contribution >= 0.6 is 15.9 Å². The SMILES string of the molecule is CNc1ccc(S(=O)(=O)Nc2cccc(Br)c2C)cc1. The molecule has 0 aromatic heterocycles. The van der Waals surface area contributed by atoms with E-state index in [1.54, 1.807) is 43.4 Å². The van der Waals surface area contributed by atoms with Crippen molar-refractivity contribution in [2.45, 2.75) is 11.8 Å². The number of benzene rings is 2. The van der Waals surface area contributed by atoms with Crippen LogP contribution in [-0.4, -0.2) is 15.5 Å². The third-order valence-electron chi connectivity index (χ3n) is 2.97. The molecule has 0 saturated carbocycles. The molecule has 0 unspecified atom stereocenters. The molecule has 0 heterocycles. The van der Waals surface area contributed by atoms with Crippen LogP contribution in [0.3, 0.4) is 0 Å². The molecule has 0 aliphatic heterocycles. The molecule has 0 radical (unpaired) electrons. The first kappa shape index (κ1) is 14.9. The molecule has 0 aliphatic carbocycles. The quantitative estimate of drug-likeness (QED) is 0.881. The maximum Gasteiger partial charge on any atom is 0.261 e. The second-order valence-corrected chi connectivity index (χ2v) is 6.83. The minimum atomic E-state index is -3.58. The Bertz CT molecular complexity index is 712. The second kappa shape index (κ2) is 5.85.